The second kappa shape index (κ2) is 11.8. The summed E-state index contributed by atoms with van der Waals surface area (Å²) in [7, 11) is 0. The number of furan rings is 1. The topological polar surface area (TPSA) is 81.7 Å². The number of likely N-dealkylation sites (tertiary alicyclic amines) is 1. The number of fused-ring (bicyclic) bond motifs is 1. The largest absolute Gasteiger partial charge is 0.490 e. The van der Waals surface area contributed by atoms with Gasteiger partial charge in [0.05, 0.1) is 11.6 Å². The number of nitriles is 1. The van der Waals surface area contributed by atoms with Crippen molar-refractivity contribution in [1.29, 1.82) is 5.26 Å². The average molecular weight is 535 g/mol. The van der Waals surface area contributed by atoms with Crippen molar-refractivity contribution < 1.29 is 13.9 Å². The molecule has 6 rings (SSSR count). The predicted octanol–water partition coefficient (Wildman–Crippen LogP) is 5.75. The zero-order chi connectivity index (χ0) is 27.3. The van der Waals surface area contributed by atoms with Gasteiger partial charge >= 0.3 is 0 Å². The Morgan fingerprint density at radius 3 is 2.40 bits per heavy atom. The van der Waals surface area contributed by atoms with Gasteiger partial charge in [0, 0.05) is 62.7 Å². The summed E-state index contributed by atoms with van der Waals surface area (Å²) < 4.78 is 12.2. The molecule has 0 atom stereocenters. The monoisotopic (exact) mass is 534 g/mol. The van der Waals surface area contributed by atoms with Crippen molar-refractivity contribution in [3.8, 4) is 11.8 Å². The lowest BCUT2D eigenvalue weighted by Crippen LogP contribution is -2.44. The lowest BCUT2D eigenvalue weighted by Gasteiger charge is -2.33. The van der Waals surface area contributed by atoms with E-state index >= 15 is 0 Å². The van der Waals surface area contributed by atoms with Gasteiger partial charge in [-0.1, -0.05) is 30.3 Å². The first kappa shape index (κ1) is 26.0. The maximum Gasteiger partial charge on any atom is 0.287 e. The highest BCUT2D eigenvalue weighted by molar-refractivity contribution is 5.96. The van der Waals surface area contributed by atoms with E-state index in [4.69, 9.17) is 14.4 Å². The molecule has 7 nitrogen and oxygen atoms in total. The summed E-state index contributed by atoms with van der Waals surface area (Å²) in [6.07, 6.45) is 3.83. The minimum atomic E-state index is -0.157. The number of anilines is 1. The predicted molar refractivity (Wildman–Crippen MR) is 155 cm³/mol. The highest BCUT2D eigenvalue weighted by Crippen LogP contribution is 2.28. The van der Waals surface area contributed by atoms with Crippen LogP contribution < -0.4 is 15.0 Å². The second-order valence-corrected chi connectivity index (χ2v) is 10.8. The molecule has 0 spiro atoms. The van der Waals surface area contributed by atoms with Gasteiger partial charge in [0.25, 0.3) is 5.91 Å². The summed E-state index contributed by atoms with van der Waals surface area (Å²) in [6.45, 7) is 4.69. The Hall–Kier alpha value is -4.28. The molecule has 1 amide bonds. The van der Waals surface area contributed by atoms with Gasteiger partial charge in [-0.25, -0.2) is 0 Å². The maximum absolute atomic E-state index is 13.0. The number of piperidine rings is 2. The fraction of sp³-hybridized carbons (Fsp3) is 0.333. The van der Waals surface area contributed by atoms with Crippen molar-refractivity contribution >= 4 is 22.6 Å². The van der Waals surface area contributed by atoms with Crippen molar-refractivity contribution in [3.05, 3.63) is 95.7 Å². The molecule has 0 unspecified atom stereocenters. The Balaban J connectivity index is 0.996. The minimum absolute atomic E-state index is 0.134. The van der Waals surface area contributed by atoms with E-state index in [9.17, 15) is 4.79 Å². The molecule has 3 aromatic carbocycles. The van der Waals surface area contributed by atoms with Crippen LogP contribution in [0.15, 0.2) is 83.3 Å². The molecule has 3 heterocycles. The Morgan fingerprint density at radius 1 is 0.925 bits per heavy atom. The van der Waals surface area contributed by atoms with E-state index in [0.29, 0.717) is 16.9 Å². The standard InChI is InChI=1S/C33H34N4O3/c34-22-24-6-8-28(9-7-24)37-18-14-29(15-19-37)39-30-10-11-31-26(20-30)21-32(40-31)33(38)35-27-12-16-36(17-13-27)23-25-4-2-1-3-5-25/h1-11,20-21,27,29H,12-19,23H2,(H,35,38). The number of rotatable bonds is 7. The third-order valence-electron chi connectivity index (χ3n) is 7.99. The molecular weight excluding hydrogens is 500 g/mol. The number of amides is 1. The van der Waals surface area contributed by atoms with Crippen LogP contribution in [-0.2, 0) is 6.54 Å². The van der Waals surface area contributed by atoms with E-state index < -0.39 is 0 Å². The first-order chi connectivity index (χ1) is 19.6. The zero-order valence-corrected chi connectivity index (χ0v) is 22.6. The van der Waals surface area contributed by atoms with Crippen LogP contribution in [0.4, 0.5) is 5.69 Å². The SMILES string of the molecule is N#Cc1ccc(N2CCC(Oc3ccc4oc(C(=O)NC5CCN(Cc6ccccc6)CC5)cc4c3)CC2)cc1. The third-order valence-corrected chi connectivity index (χ3v) is 7.99. The van der Waals surface area contributed by atoms with E-state index in [0.717, 1.165) is 75.2 Å². The van der Waals surface area contributed by atoms with E-state index in [1.165, 1.54) is 5.56 Å². The molecule has 2 fully saturated rings. The lowest BCUT2D eigenvalue weighted by atomic mass is 10.0. The van der Waals surface area contributed by atoms with Crippen LogP contribution in [0.25, 0.3) is 11.0 Å². The van der Waals surface area contributed by atoms with Gasteiger partial charge in [-0.2, -0.15) is 5.26 Å². The number of carbonyl (C=O) groups excluding carboxylic acids is 1. The van der Waals surface area contributed by atoms with Crippen molar-refractivity contribution in [2.45, 2.75) is 44.4 Å². The first-order valence-electron chi connectivity index (χ1n) is 14.2. The normalized spacial score (nSPS) is 17.0. The molecule has 40 heavy (non-hydrogen) atoms. The number of nitrogens with zero attached hydrogens (tertiary/aromatic N) is 3. The highest BCUT2D eigenvalue weighted by atomic mass is 16.5. The summed E-state index contributed by atoms with van der Waals surface area (Å²) in [5, 5.41) is 13.1. The Labute approximate surface area is 234 Å². The number of nitrogens with one attached hydrogen (secondary N) is 1. The van der Waals surface area contributed by atoms with Crippen LogP contribution in [0, 0.1) is 11.3 Å². The Kier molecular flexibility index (Phi) is 7.69. The molecule has 1 aromatic heterocycles. The Morgan fingerprint density at radius 2 is 1.68 bits per heavy atom. The van der Waals surface area contributed by atoms with Crippen LogP contribution in [0.3, 0.4) is 0 Å². The van der Waals surface area contributed by atoms with Gasteiger partial charge in [-0.15, -0.1) is 0 Å². The number of hydrogen-bond donors (Lipinski definition) is 1. The molecule has 2 saturated heterocycles. The van der Waals surface area contributed by atoms with E-state index in [2.05, 4.69) is 45.5 Å². The molecule has 0 radical (unpaired) electrons. The maximum atomic E-state index is 13.0. The zero-order valence-electron chi connectivity index (χ0n) is 22.6. The van der Waals surface area contributed by atoms with Crippen molar-refractivity contribution in [2.75, 3.05) is 31.1 Å². The van der Waals surface area contributed by atoms with E-state index in [1.807, 2.05) is 54.6 Å². The minimum Gasteiger partial charge on any atom is -0.490 e. The molecule has 1 N–H and O–H groups in total. The van der Waals surface area contributed by atoms with Gasteiger partial charge in [0.1, 0.15) is 17.4 Å². The lowest BCUT2D eigenvalue weighted by molar-refractivity contribution is 0.0883. The number of carbonyl (C=O) groups is 1. The van der Waals surface area contributed by atoms with Crippen molar-refractivity contribution in [1.82, 2.24) is 10.2 Å². The number of ether oxygens (including phenoxy) is 1. The molecule has 2 aliphatic rings. The van der Waals surface area contributed by atoms with E-state index in [-0.39, 0.29) is 18.1 Å². The first-order valence-corrected chi connectivity index (χ1v) is 14.2. The van der Waals surface area contributed by atoms with Gasteiger partial charge in [0.15, 0.2) is 5.76 Å². The van der Waals surface area contributed by atoms with Crippen LogP contribution in [-0.4, -0.2) is 49.1 Å². The summed E-state index contributed by atoms with van der Waals surface area (Å²) in [5.41, 5.74) is 3.83. The van der Waals surface area contributed by atoms with Crippen LogP contribution in [0.1, 0.15) is 47.4 Å². The number of benzene rings is 3. The fourth-order valence-corrected chi connectivity index (χ4v) is 5.71. The fourth-order valence-electron chi connectivity index (χ4n) is 5.71. The summed E-state index contributed by atoms with van der Waals surface area (Å²) in [4.78, 5) is 17.7. The molecule has 7 heteroatoms. The van der Waals surface area contributed by atoms with Gasteiger partial charge in [-0.05, 0) is 66.9 Å². The van der Waals surface area contributed by atoms with Gasteiger partial charge < -0.3 is 19.4 Å². The van der Waals surface area contributed by atoms with Gasteiger partial charge in [-0.3, -0.25) is 9.69 Å². The molecule has 0 aliphatic carbocycles. The molecule has 204 valence electrons. The quantitative estimate of drug-likeness (QED) is 0.325. The molecule has 4 aromatic rings. The summed E-state index contributed by atoms with van der Waals surface area (Å²) >= 11 is 0. The summed E-state index contributed by atoms with van der Waals surface area (Å²) in [5.74, 6) is 0.979. The molecule has 0 bridgehead atoms. The molecule has 0 saturated carbocycles. The number of hydrogen-bond acceptors (Lipinski definition) is 6. The smallest absolute Gasteiger partial charge is 0.287 e. The third kappa shape index (κ3) is 6.13. The van der Waals surface area contributed by atoms with E-state index in [1.54, 1.807) is 0 Å². The average Bonchev–Trinajstić information content (AvgIpc) is 3.43. The highest BCUT2D eigenvalue weighted by Gasteiger charge is 2.24. The van der Waals surface area contributed by atoms with Crippen LogP contribution in [0.2, 0.25) is 0 Å². The Bertz CT molecular complexity index is 1480. The molecular formula is C33H34N4O3. The summed E-state index contributed by atoms with van der Waals surface area (Å²) in [6, 6.07) is 28.2. The van der Waals surface area contributed by atoms with Crippen LogP contribution in [0.5, 0.6) is 5.75 Å². The van der Waals surface area contributed by atoms with Crippen LogP contribution >= 0.6 is 0 Å². The molecule has 2 aliphatic heterocycles. The van der Waals surface area contributed by atoms with Gasteiger partial charge in [0.2, 0.25) is 0 Å². The van der Waals surface area contributed by atoms with Crippen molar-refractivity contribution in [2.24, 2.45) is 0 Å². The van der Waals surface area contributed by atoms with Crippen molar-refractivity contribution in [3.63, 3.8) is 0 Å². The second-order valence-electron chi connectivity index (χ2n) is 10.8.